The number of carbonyl (C=O) groups is 2. The molecular formula is C20H19N3O6S. The lowest BCUT2D eigenvalue weighted by molar-refractivity contribution is 0.0601. The van der Waals surface area contributed by atoms with Gasteiger partial charge in [-0.25, -0.2) is 4.79 Å². The number of nitrogens with zero attached hydrogens (tertiary/aromatic N) is 2. The number of carbonyl (C=O) groups excluding carboxylic acids is 2. The molecule has 3 rings (SSSR count). The molecule has 0 unspecified atom stereocenters. The van der Waals surface area contributed by atoms with Crippen molar-refractivity contribution in [2.75, 3.05) is 19.5 Å². The van der Waals surface area contributed by atoms with E-state index in [1.165, 1.54) is 25.6 Å². The zero-order valence-electron chi connectivity index (χ0n) is 16.7. The van der Waals surface area contributed by atoms with Gasteiger partial charge in [0.25, 0.3) is 11.5 Å². The van der Waals surface area contributed by atoms with E-state index in [2.05, 4.69) is 10.4 Å². The molecule has 0 fully saturated rings. The van der Waals surface area contributed by atoms with Crippen molar-refractivity contribution in [3.05, 3.63) is 62.4 Å². The minimum atomic E-state index is -0.789. The standard InChI is InChI=1S/C20H19N3O6S/c1-10-11(2)30-19(16(10)20(27)29-4)21-18(26)17-13(24)9-15(25)23(22-17)12-7-5-6-8-14(12)28-3/h5-9,24H,1-4H3,(H,21,26). The zero-order chi connectivity index (χ0) is 22.0. The van der Waals surface area contributed by atoms with Gasteiger partial charge in [-0.3, -0.25) is 9.59 Å². The van der Waals surface area contributed by atoms with E-state index in [1.54, 1.807) is 38.1 Å². The van der Waals surface area contributed by atoms with Crippen LogP contribution in [0, 0.1) is 13.8 Å². The number of rotatable bonds is 5. The SMILES string of the molecule is COC(=O)c1c(NC(=O)c2nn(-c3ccccc3OC)c(=O)cc2O)sc(C)c1C. The third kappa shape index (κ3) is 3.77. The molecule has 2 aromatic heterocycles. The summed E-state index contributed by atoms with van der Waals surface area (Å²) in [6.45, 7) is 3.55. The maximum absolute atomic E-state index is 12.8. The highest BCUT2D eigenvalue weighted by atomic mass is 32.1. The normalized spacial score (nSPS) is 10.5. The second kappa shape index (κ2) is 8.37. The molecule has 0 aliphatic heterocycles. The summed E-state index contributed by atoms with van der Waals surface area (Å²) < 4.78 is 11.0. The number of aromatic nitrogens is 2. The van der Waals surface area contributed by atoms with Gasteiger partial charge >= 0.3 is 5.97 Å². The molecule has 3 aromatic rings. The van der Waals surface area contributed by atoms with Crippen LogP contribution in [-0.4, -0.2) is 41.0 Å². The number of anilines is 1. The average molecular weight is 429 g/mol. The first-order chi connectivity index (χ1) is 14.3. The molecule has 2 N–H and O–H groups in total. The highest BCUT2D eigenvalue weighted by molar-refractivity contribution is 7.16. The van der Waals surface area contributed by atoms with Crippen LogP contribution in [0.25, 0.3) is 5.69 Å². The molecule has 1 aromatic carbocycles. The molecule has 1 amide bonds. The van der Waals surface area contributed by atoms with Gasteiger partial charge in [-0.15, -0.1) is 11.3 Å². The molecule has 10 heteroatoms. The van der Waals surface area contributed by atoms with Crippen molar-refractivity contribution in [3.8, 4) is 17.2 Å². The van der Waals surface area contributed by atoms with Crippen molar-refractivity contribution in [2.45, 2.75) is 13.8 Å². The van der Waals surface area contributed by atoms with Crippen molar-refractivity contribution in [1.82, 2.24) is 9.78 Å². The van der Waals surface area contributed by atoms with Crippen LogP contribution in [0.5, 0.6) is 11.5 Å². The average Bonchev–Trinajstić information content (AvgIpc) is 3.00. The minimum Gasteiger partial charge on any atom is -0.505 e. The second-order valence-electron chi connectivity index (χ2n) is 6.23. The van der Waals surface area contributed by atoms with Gasteiger partial charge in [0, 0.05) is 10.9 Å². The molecule has 30 heavy (non-hydrogen) atoms. The van der Waals surface area contributed by atoms with Crippen LogP contribution in [0.3, 0.4) is 0 Å². The fourth-order valence-corrected chi connectivity index (χ4v) is 3.85. The van der Waals surface area contributed by atoms with Gasteiger partial charge in [-0.1, -0.05) is 12.1 Å². The number of ether oxygens (including phenoxy) is 2. The molecule has 0 spiro atoms. The van der Waals surface area contributed by atoms with E-state index in [9.17, 15) is 19.5 Å². The summed E-state index contributed by atoms with van der Waals surface area (Å²) in [6, 6.07) is 7.51. The Kier molecular flexibility index (Phi) is 5.88. The van der Waals surface area contributed by atoms with Crippen molar-refractivity contribution in [3.63, 3.8) is 0 Å². The highest BCUT2D eigenvalue weighted by Crippen LogP contribution is 2.33. The number of hydrogen-bond donors (Lipinski definition) is 2. The molecule has 9 nitrogen and oxygen atoms in total. The first-order valence-electron chi connectivity index (χ1n) is 8.74. The smallest absolute Gasteiger partial charge is 0.341 e. The maximum atomic E-state index is 12.8. The first-order valence-corrected chi connectivity index (χ1v) is 9.56. The van der Waals surface area contributed by atoms with E-state index >= 15 is 0 Å². The lowest BCUT2D eigenvalue weighted by atomic mass is 10.1. The molecule has 0 radical (unpaired) electrons. The predicted molar refractivity (Wildman–Crippen MR) is 111 cm³/mol. The zero-order valence-corrected chi connectivity index (χ0v) is 17.5. The molecule has 156 valence electrons. The number of nitrogens with one attached hydrogen (secondary N) is 1. The fourth-order valence-electron chi connectivity index (χ4n) is 2.81. The van der Waals surface area contributed by atoms with Gasteiger partial charge in [0.15, 0.2) is 11.4 Å². The van der Waals surface area contributed by atoms with Gasteiger partial charge in [-0.2, -0.15) is 9.78 Å². The Morgan fingerprint density at radius 1 is 1.20 bits per heavy atom. The van der Waals surface area contributed by atoms with E-state index in [0.29, 0.717) is 17.0 Å². The maximum Gasteiger partial charge on any atom is 0.341 e. The van der Waals surface area contributed by atoms with E-state index in [0.717, 1.165) is 15.6 Å². The van der Waals surface area contributed by atoms with Crippen LogP contribution in [0.15, 0.2) is 35.1 Å². The van der Waals surface area contributed by atoms with Crippen molar-refractivity contribution < 1.29 is 24.2 Å². The van der Waals surface area contributed by atoms with Gasteiger partial charge in [0.1, 0.15) is 16.4 Å². The summed E-state index contributed by atoms with van der Waals surface area (Å²) in [5.41, 5.74) is 0.174. The monoisotopic (exact) mass is 429 g/mol. The van der Waals surface area contributed by atoms with Crippen LogP contribution in [0.4, 0.5) is 5.00 Å². The number of hydrogen-bond acceptors (Lipinski definition) is 8. The number of aromatic hydroxyl groups is 1. The first kappa shape index (κ1) is 21.1. The Morgan fingerprint density at radius 3 is 2.57 bits per heavy atom. The number of esters is 1. The molecule has 2 heterocycles. The van der Waals surface area contributed by atoms with Gasteiger partial charge in [0.05, 0.1) is 19.8 Å². The van der Waals surface area contributed by atoms with Crippen LogP contribution < -0.4 is 15.6 Å². The van der Waals surface area contributed by atoms with Gasteiger partial charge < -0.3 is 19.9 Å². The van der Waals surface area contributed by atoms with E-state index in [4.69, 9.17) is 9.47 Å². The number of para-hydroxylation sites is 2. The van der Waals surface area contributed by atoms with Crippen molar-refractivity contribution in [2.24, 2.45) is 0 Å². The largest absolute Gasteiger partial charge is 0.505 e. The number of thiophene rings is 1. The number of methoxy groups -OCH3 is 2. The number of aryl methyl sites for hydroxylation is 1. The summed E-state index contributed by atoms with van der Waals surface area (Å²) in [5, 5.41) is 17.0. The number of amides is 1. The molecule has 0 atom stereocenters. The Bertz CT molecular complexity index is 1200. The minimum absolute atomic E-state index is 0.228. The Hall–Kier alpha value is -3.66. The molecule has 0 aliphatic carbocycles. The topological polar surface area (TPSA) is 120 Å². The van der Waals surface area contributed by atoms with Gasteiger partial charge in [0.2, 0.25) is 0 Å². The Labute approximate surface area is 175 Å². The van der Waals surface area contributed by atoms with Crippen LogP contribution in [0.2, 0.25) is 0 Å². The van der Waals surface area contributed by atoms with Gasteiger partial charge in [-0.05, 0) is 31.5 Å². The summed E-state index contributed by atoms with van der Waals surface area (Å²) in [7, 11) is 2.69. The second-order valence-corrected chi connectivity index (χ2v) is 7.46. The third-order valence-electron chi connectivity index (χ3n) is 4.44. The van der Waals surface area contributed by atoms with E-state index in [-0.39, 0.29) is 16.3 Å². The quantitative estimate of drug-likeness (QED) is 0.598. The number of benzene rings is 1. The molecule has 0 bridgehead atoms. The van der Waals surface area contributed by atoms with Crippen LogP contribution >= 0.6 is 11.3 Å². The highest BCUT2D eigenvalue weighted by Gasteiger charge is 2.24. The summed E-state index contributed by atoms with van der Waals surface area (Å²) in [4.78, 5) is 38.1. The molecular weight excluding hydrogens is 410 g/mol. The molecule has 0 saturated carbocycles. The fraction of sp³-hybridized carbons (Fsp3) is 0.200. The summed E-state index contributed by atoms with van der Waals surface area (Å²) in [5.74, 6) is -1.61. The Morgan fingerprint density at radius 2 is 1.90 bits per heavy atom. The summed E-state index contributed by atoms with van der Waals surface area (Å²) in [6.07, 6.45) is 0. The third-order valence-corrected chi connectivity index (χ3v) is 5.56. The van der Waals surface area contributed by atoms with Crippen molar-refractivity contribution in [1.29, 1.82) is 0 Å². The molecule has 0 aliphatic rings. The Balaban J connectivity index is 2.05. The predicted octanol–water partition coefficient (Wildman–Crippen LogP) is 2.66. The van der Waals surface area contributed by atoms with E-state index in [1.807, 2.05) is 0 Å². The summed E-state index contributed by atoms with van der Waals surface area (Å²) >= 11 is 1.19. The lowest BCUT2D eigenvalue weighted by Gasteiger charge is -2.12. The lowest BCUT2D eigenvalue weighted by Crippen LogP contribution is -2.25. The van der Waals surface area contributed by atoms with E-state index < -0.39 is 23.2 Å². The molecule has 0 saturated heterocycles. The van der Waals surface area contributed by atoms with Crippen LogP contribution in [-0.2, 0) is 4.74 Å². The van der Waals surface area contributed by atoms with Crippen molar-refractivity contribution >= 4 is 28.2 Å². The van der Waals surface area contributed by atoms with Crippen LogP contribution in [0.1, 0.15) is 31.3 Å².